The summed E-state index contributed by atoms with van der Waals surface area (Å²) in [5, 5.41) is 1.26. The molecule has 1 aromatic heterocycles. The predicted octanol–water partition coefficient (Wildman–Crippen LogP) is 4.85. The third-order valence-electron chi connectivity index (χ3n) is 3.89. The summed E-state index contributed by atoms with van der Waals surface area (Å²) < 4.78 is 8.15. The molecule has 0 fully saturated rings. The molecule has 2 N–H and O–H groups in total. The van der Waals surface area contributed by atoms with Crippen LogP contribution in [0, 0.1) is 0 Å². The lowest BCUT2D eigenvalue weighted by molar-refractivity contribution is 0.170. The average molecular weight is 376 g/mol. The van der Waals surface area contributed by atoms with Crippen LogP contribution in [0.4, 0.5) is 5.69 Å². The summed E-state index contributed by atoms with van der Waals surface area (Å²) >= 11 is 12.2. The number of anilines is 1. The molecular weight excluding hydrogens is 357 g/mol. The molecule has 6 heteroatoms. The molecule has 1 atom stereocenters. The van der Waals surface area contributed by atoms with E-state index < -0.39 is 0 Å². The lowest BCUT2D eigenvalue weighted by Gasteiger charge is -2.21. The van der Waals surface area contributed by atoms with Gasteiger partial charge in [0.05, 0.1) is 17.9 Å². The van der Waals surface area contributed by atoms with Gasteiger partial charge in [-0.15, -0.1) is 0 Å². The highest BCUT2D eigenvalue weighted by atomic mass is 35.5. The van der Waals surface area contributed by atoms with E-state index in [0.717, 1.165) is 17.9 Å². The van der Waals surface area contributed by atoms with Crippen LogP contribution in [0.1, 0.15) is 12.0 Å². The van der Waals surface area contributed by atoms with Crippen molar-refractivity contribution in [2.24, 2.45) is 0 Å². The van der Waals surface area contributed by atoms with Crippen molar-refractivity contribution in [3.63, 3.8) is 0 Å². The summed E-state index contributed by atoms with van der Waals surface area (Å²) in [6, 6.07) is 13.2. The van der Waals surface area contributed by atoms with Crippen molar-refractivity contribution in [3.8, 4) is 5.75 Å². The Kier molecular flexibility index (Phi) is 5.84. The molecule has 0 aliphatic carbocycles. The summed E-state index contributed by atoms with van der Waals surface area (Å²) in [7, 11) is 0. The van der Waals surface area contributed by atoms with Crippen LogP contribution < -0.4 is 10.5 Å². The Bertz CT molecular complexity index is 804. The number of aromatic nitrogens is 2. The van der Waals surface area contributed by atoms with E-state index >= 15 is 0 Å². The first-order valence-corrected chi connectivity index (χ1v) is 8.77. The van der Waals surface area contributed by atoms with Gasteiger partial charge in [0, 0.05) is 23.1 Å². The van der Waals surface area contributed by atoms with E-state index in [-0.39, 0.29) is 6.10 Å². The van der Waals surface area contributed by atoms with Crippen LogP contribution in [0.2, 0.25) is 10.0 Å². The summed E-state index contributed by atoms with van der Waals surface area (Å²) in [5.41, 5.74) is 7.58. The molecule has 0 radical (unpaired) electrons. The van der Waals surface area contributed by atoms with Gasteiger partial charge in [-0.3, -0.25) is 0 Å². The van der Waals surface area contributed by atoms with Crippen LogP contribution in [-0.2, 0) is 13.0 Å². The molecule has 130 valence electrons. The fourth-order valence-electron chi connectivity index (χ4n) is 2.59. The van der Waals surface area contributed by atoms with Gasteiger partial charge in [-0.05, 0) is 48.7 Å². The fourth-order valence-corrected chi connectivity index (χ4v) is 2.95. The van der Waals surface area contributed by atoms with E-state index in [4.69, 9.17) is 33.7 Å². The average Bonchev–Trinajstić information content (AvgIpc) is 3.09. The Morgan fingerprint density at radius 2 is 1.92 bits per heavy atom. The Labute approximate surface area is 157 Å². The molecule has 0 aliphatic heterocycles. The highest BCUT2D eigenvalue weighted by molar-refractivity contribution is 6.32. The maximum Gasteiger partial charge on any atom is 0.138 e. The number of nitrogens with two attached hydrogens (primary N) is 1. The zero-order valence-corrected chi connectivity index (χ0v) is 15.1. The lowest BCUT2D eigenvalue weighted by atomic mass is 10.1. The van der Waals surface area contributed by atoms with Crippen molar-refractivity contribution < 1.29 is 4.74 Å². The molecule has 2 aromatic carbocycles. The molecule has 25 heavy (non-hydrogen) atoms. The Morgan fingerprint density at radius 3 is 2.60 bits per heavy atom. The summed E-state index contributed by atoms with van der Waals surface area (Å²) in [6.07, 6.45) is 7.12. The van der Waals surface area contributed by atoms with Crippen molar-refractivity contribution in [3.05, 3.63) is 76.8 Å². The monoisotopic (exact) mass is 375 g/mol. The van der Waals surface area contributed by atoms with Crippen molar-refractivity contribution in [2.45, 2.75) is 25.5 Å². The summed E-state index contributed by atoms with van der Waals surface area (Å²) in [4.78, 5) is 4.09. The standard InChI is InChI=1S/C19H19Cl2N3O/c20-15-4-1-14(2-5-15)3-7-17(12-24-10-9-23-13-24)25-19-8-6-16(22)11-18(19)21/h1-2,4-6,8-11,13,17H,3,7,12,22H2. The molecule has 0 aliphatic rings. The van der Waals surface area contributed by atoms with Crippen LogP contribution in [0.5, 0.6) is 5.75 Å². The van der Waals surface area contributed by atoms with Crippen molar-refractivity contribution in [1.82, 2.24) is 9.55 Å². The number of benzene rings is 2. The molecule has 0 amide bonds. The Hall–Kier alpha value is -2.17. The van der Waals surface area contributed by atoms with Crippen LogP contribution in [0.25, 0.3) is 0 Å². The van der Waals surface area contributed by atoms with Gasteiger partial charge >= 0.3 is 0 Å². The van der Waals surface area contributed by atoms with Gasteiger partial charge in [-0.2, -0.15) is 0 Å². The van der Waals surface area contributed by atoms with Crippen LogP contribution in [-0.4, -0.2) is 15.7 Å². The lowest BCUT2D eigenvalue weighted by Crippen LogP contribution is -2.23. The van der Waals surface area contributed by atoms with Gasteiger partial charge in [0.15, 0.2) is 0 Å². The minimum absolute atomic E-state index is 0.0500. The fraction of sp³-hybridized carbons (Fsp3) is 0.211. The van der Waals surface area contributed by atoms with Gasteiger partial charge in [0.1, 0.15) is 11.9 Å². The van der Waals surface area contributed by atoms with Gasteiger partial charge in [-0.1, -0.05) is 35.3 Å². The minimum atomic E-state index is -0.0500. The number of imidazole rings is 1. The largest absolute Gasteiger partial charge is 0.487 e. The third-order valence-corrected chi connectivity index (χ3v) is 4.44. The number of nitrogen functional groups attached to an aromatic ring is 1. The van der Waals surface area contributed by atoms with E-state index in [2.05, 4.69) is 4.98 Å². The van der Waals surface area contributed by atoms with E-state index in [1.54, 1.807) is 30.7 Å². The molecule has 1 heterocycles. The molecular formula is C19H19Cl2N3O. The van der Waals surface area contributed by atoms with Crippen molar-refractivity contribution in [2.75, 3.05) is 5.73 Å². The number of aryl methyl sites for hydroxylation is 1. The number of ether oxygens (including phenoxy) is 1. The first-order chi connectivity index (χ1) is 12.1. The molecule has 0 saturated heterocycles. The number of nitrogens with zero attached hydrogens (tertiary/aromatic N) is 2. The first-order valence-electron chi connectivity index (χ1n) is 8.02. The molecule has 1 unspecified atom stereocenters. The predicted molar refractivity (Wildman–Crippen MR) is 102 cm³/mol. The van der Waals surface area contributed by atoms with E-state index in [0.29, 0.717) is 23.0 Å². The van der Waals surface area contributed by atoms with Gasteiger partial charge in [-0.25, -0.2) is 4.98 Å². The van der Waals surface area contributed by atoms with E-state index in [1.165, 1.54) is 5.56 Å². The molecule has 0 saturated carbocycles. The normalized spacial score (nSPS) is 12.1. The minimum Gasteiger partial charge on any atom is -0.487 e. The highest BCUT2D eigenvalue weighted by Gasteiger charge is 2.14. The second kappa shape index (κ2) is 8.28. The smallest absolute Gasteiger partial charge is 0.138 e. The Balaban J connectivity index is 1.71. The highest BCUT2D eigenvalue weighted by Crippen LogP contribution is 2.28. The molecule has 4 nitrogen and oxygen atoms in total. The quantitative estimate of drug-likeness (QED) is 0.600. The molecule has 3 rings (SSSR count). The molecule has 0 bridgehead atoms. The second-order valence-electron chi connectivity index (χ2n) is 5.85. The zero-order chi connectivity index (χ0) is 17.6. The molecule has 0 spiro atoms. The van der Waals surface area contributed by atoms with Crippen LogP contribution in [0.3, 0.4) is 0 Å². The third kappa shape index (κ3) is 5.15. The zero-order valence-electron chi connectivity index (χ0n) is 13.6. The van der Waals surface area contributed by atoms with Crippen molar-refractivity contribution >= 4 is 28.9 Å². The van der Waals surface area contributed by atoms with Gasteiger partial charge in [0.2, 0.25) is 0 Å². The van der Waals surface area contributed by atoms with Gasteiger partial charge in [0.25, 0.3) is 0 Å². The topological polar surface area (TPSA) is 53.1 Å². The van der Waals surface area contributed by atoms with E-state index in [1.807, 2.05) is 35.0 Å². The summed E-state index contributed by atoms with van der Waals surface area (Å²) in [5.74, 6) is 0.636. The summed E-state index contributed by atoms with van der Waals surface area (Å²) in [6.45, 7) is 0.689. The maximum absolute atomic E-state index is 6.25. The number of halogens is 2. The van der Waals surface area contributed by atoms with Crippen LogP contribution >= 0.6 is 23.2 Å². The Morgan fingerprint density at radius 1 is 1.12 bits per heavy atom. The number of hydrogen-bond donors (Lipinski definition) is 1. The van der Waals surface area contributed by atoms with E-state index in [9.17, 15) is 0 Å². The van der Waals surface area contributed by atoms with Gasteiger partial charge < -0.3 is 15.0 Å². The van der Waals surface area contributed by atoms with Crippen molar-refractivity contribution in [1.29, 1.82) is 0 Å². The number of rotatable bonds is 7. The van der Waals surface area contributed by atoms with Crippen LogP contribution in [0.15, 0.2) is 61.2 Å². The number of hydrogen-bond acceptors (Lipinski definition) is 3. The SMILES string of the molecule is Nc1ccc(OC(CCc2ccc(Cl)cc2)Cn2ccnc2)c(Cl)c1. The maximum atomic E-state index is 6.25. The first kappa shape index (κ1) is 17.6. The second-order valence-corrected chi connectivity index (χ2v) is 6.70. The molecule has 3 aromatic rings.